The summed E-state index contributed by atoms with van der Waals surface area (Å²) in [6.07, 6.45) is 3.69. The van der Waals surface area contributed by atoms with Crippen LogP contribution in [-0.4, -0.2) is 5.78 Å². The summed E-state index contributed by atoms with van der Waals surface area (Å²) in [5, 5.41) is 18.9. The molecule has 0 heterocycles. The standard InChI is InChI=1S/C20H15ClN2O/c21-19-10-8-16(9-11-19)20(24)12-17(18(13-22)14-23)7-6-15-4-2-1-3-5-15/h1-11,17-18H,12H2/b7-6+/t17-/m1/s1. The Morgan fingerprint density at radius 1 is 1.04 bits per heavy atom. The van der Waals surface area contributed by atoms with Gasteiger partial charge >= 0.3 is 0 Å². The molecule has 0 spiro atoms. The Bertz CT molecular complexity index is 784. The summed E-state index contributed by atoms with van der Waals surface area (Å²) in [4.78, 5) is 12.4. The van der Waals surface area contributed by atoms with Crippen LogP contribution in [0.2, 0.25) is 5.02 Å². The van der Waals surface area contributed by atoms with E-state index in [0.717, 1.165) is 5.56 Å². The monoisotopic (exact) mass is 334 g/mol. The largest absolute Gasteiger partial charge is 0.294 e. The third-order valence-corrected chi connectivity index (χ3v) is 3.88. The van der Waals surface area contributed by atoms with Crippen LogP contribution in [0.4, 0.5) is 0 Å². The van der Waals surface area contributed by atoms with Gasteiger partial charge in [-0.05, 0) is 29.8 Å². The van der Waals surface area contributed by atoms with Gasteiger partial charge in [0.1, 0.15) is 5.92 Å². The van der Waals surface area contributed by atoms with Crippen LogP contribution in [0.5, 0.6) is 0 Å². The van der Waals surface area contributed by atoms with Crippen molar-refractivity contribution in [3.8, 4) is 12.1 Å². The lowest BCUT2D eigenvalue weighted by Gasteiger charge is -2.12. The summed E-state index contributed by atoms with van der Waals surface area (Å²) in [6, 6.07) is 20.1. The zero-order valence-electron chi connectivity index (χ0n) is 12.9. The molecule has 0 N–H and O–H groups in total. The van der Waals surface area contributed by atoms with E-state index in [1.54, 1.807) is 30.3 Å². The second-order valence-corrected chi connectivity index (χ2v) is 5.74. The number of Topliss-reactive ketones (excluding diaryl/α,β-unsaturated/α-hetero) is 1. The first-order valence-electron chi connectivity index (χ1n) is 7.45. The minimum Gasteiger partial charge on any atom is -0.294 e. The Labute approximate surface area is 146 Å². The Balaban J connectivity index is 2.19. The highest BCUT2D eigenvalue weighted by Gasteiger charge is 2.22. The van der Waals surface area contributed by atoms with Crippen LogP contribution in [0.15, 0.2) is 60.7 Å². The van der Waals surface area contributed by atoms with E-state index < -0.39 is 11.8 Å². The van der Waals surface area contributed by atoms with Crippen molar-refractivity contribution >= 4 is 23.5 Å². The van der Waals surface area contributed by atoms with Crippen LogP contribution in [0, 0.1) is 34.5 Å². The average Bonchev–Trinajstić information content (AvgIpc) is 2.61. The molecule has 0 amide bonds. The highest BCUT2D eigenvalue weighted by Crippen LogP contribution is 2.22. The first-order valence-corrected chi connectivity index (χ1v) is 7.83. The predicted octanol–water partition coefficient (Wildman–Crippen LogP) is 4.91. The predicted molar refractivity (Wildman–Crippen MR) is 94.1 cm³/mol. The molecule has 4 heteroatoms. The number of halogens is 1. The average molecular weight is 335 g/mol. The van der Waals surface area contributed by atoms with E-state index in [-0.39, 0.29) is 12.2 Å². The molecule has 24 heavy (non-hydrogen) atoms. The molecular formula is C20H15ClN2O. The van der Waals surface area contributed by atoms with Crippen LogP contribution >= 0.6 is 11.6 Å². The number of carbonyl (C=O) groups is 1. The molecule has 0 aromatic heterocycles. The number of nitriles is 2. The fraction of sp³-hybridized carbons (Fsp3) is 0.150. The van der Waals surface area contributed by atoms with Gasteiger partial charge in [0.15, 0.2) is 5.78 Å². The van der Waals surface area contributed by atoms with E-state index >= 15 is 0 Å². The van der Waals surface area contributed by atoms with Gasteiger partial charge in [-0.2, -0.15) is 10.5 Å². The lowest BCUT2D eigenvalue weighted by Crippen LogP contribution is -2.14. The van der Waals surface area contributed by atoms with E-state index in [2.05, 4.69) is 0 Å². The lowest BCUT2D eigenvalue weighted by molar-refractivity contribution is 0.0966. The summed E-state index contributed by atoms with van der Waals surface area (Å²) in [5.41, 5.74) is 1.48. The zero-order chi connectivity index (χ0) is 17.4. The number of rotatable bonds is 6. The fourth-order valence-electron chi connectivity index (χ4n) is 2.28. The molecule has 1 atom stereocenters. The van der Waals surface area contributed by atoms with Crippen molar-refractivity contribution in [2.24, 2.45) is 11.8 Å². The quantitative estimate of drug-likeness (QED) is 0.705. The van der Waals surface area contributed by atoms with Gasteiger partial charge < -0.3 is 0 Å². The first-order chi connectivity index (χ1) is 11.6. The van der Waals surface area contributed by atoms with E-state index in [1.807, 2.05) is 48.5 Å². The zero-order valence-corrected chi connectivity index (χ0v) is 13.6. The van der Waals surface area contributed by atoms with E-state index in [9.17, 15) is 15.3 Å². The summed E-state index contributed by atoms with van der Waals surface area (Å²) in [6.45, 7) is 0. The topological polar surface area (TPSA) is 64.7 Å². The van der Waals surface area contributed by atoms with Gasteiger partial charge in [-0.25, -0.2) is 0 Å². The number of carbonyl (C=O) groups excluding carboxylic acids is 1. The summed E-state index contributed by atoms with van der Waals surface area (Å²) in [7, 11) is 0. The SMILES string of the molecule is N#CC(C#N)[C@H](/C=C/c1ccccc1)CC(=O)c1ccc(Cl)cc1. The van der Waals surface area contributed by atoms with Gasteiger partial charge in [-0.3, -0.25) is 4.79 Å². The molecule has 0 saturated carbocycles. The Hall–Kier alpha value is -2.88. The second-order valence-electron chi connectivity index (χ2n) is 5.30. The maximum atomic E-state index is 12.4. The van der Waals surface area contributed by atoms with Crippen LogP contribution in [0.3, 0.4) is 0 Å². The number of hydrogen-bond donors (Lipinski definition) is 0. The van der Waals surface area contributed by atoms with E-state index in [4.69, 9.17) is 11.6 Å². The van der Waals surface area contributed by atoms with Gasteiger partial charge in [0.05, 0.1) is 12.1 Å². The highest BCUT2D eigenvalue weighted by atomic mass is 35.5. The molecule has 3 nitrogen and oxygen atoms in total. The molecule has 0 radical (unpaired) electrons. The van der Waals surface area contributed by atoms with Crippen molar-refractivity contribution in [2.45, 2.75) is 6.42 Å². The maximum absolute atomic E-state index is 12.4. The van der Waals surface area contributed by atoms with Crippen molar-refractivity contribution in [2.75, 3.05) is 0 Å². The highest BCUT2D eigenvalue weighted by molar-refractivity contribution is 6.30. The van der Waals surface area contributed by atoms with Crippen LogP contribution in [0.25, 0.3) is 6.08 Å². The van der Waals surface area contributed by atoms with Crippen molar-refractivity contribution < 1.29 is 4.79 Å². The molecular weight excluding hydrogens is 320 g/mol. The minimum absolute atomic E-state index is 0.0940. The lowest BCUT2D eigenvalue weighted by atomic mass is 9.87. The van der Waals surface area contributed by atoms with Crippen LogP contribution in [-0.2, 0) is 0 Å². The third-order valence-electron chi connectivity index (χ3n) is 3.63. The maximum Gasteiger partial charge on any atom is 0.163 e. The molecule has 0 unspecified atom stereocenters. The van der Waals surface area contributed by atoms with Gasteiger partial charge in [0.2, 0.25) is 0 Å². The van der Waals surface area contributed by atoms with Crippen molar-refractivity contribution in [1.82, 2.24) is 0 Å². The van der Waals surface area contributed by atoms with Gasteiger partial charge in [0.25, 0.3) is 0 Å². The second kappa shape index (κ2) is 8.67. The summed E-state index contributed by atoms with van der Waals surface area (Å²) < 4.78 is 0. The third kappa shape index (κ3) is 4.81. The summed E-state index contributed by atoms with van der Waals surface area (Å²) >= 11 is 5.83. The molecule has 0 saturated heterocycles. The number of benzene rings is 2. The van der Waals surface area contributed by atoms with Crippen molar-refractivity contribution in [1.29, 1.82) is 10.5 Å². The van der Waals surface area contributed by atoms with E-state index in [0.29, 0.717) is 10.6 Å². The van der Waals surface area contributed by atoms with Gasteiger partial charge in [-0.1, -0.05) is 54.1 Å². The minimum atomic E-state index is -0.874. The summed E-state index contributed by atoms with van der Waals surface area (Å²) in [5.74, 6) is -1.46. The van der Waals surface area contributed by atoms with Crippen LogP contribution in [0.1, 0.15) is 22.3 Å². The molecule has 2 rings (SSSR count). The van der Waals surface area contributed by atoms with E-state index in [1.165, 1.54) is 0 Å². The molecule has 0 aliphatic rings. The van der Waals surface area contributed by atoms with Crippen molar-refractivity contribution in [3.05, 3.63) is 76.8 Å². The van der Waals surface area contributed by atoms with Gasteiger partial charge in [0, 0.05) is 22.9 Å². The smallest absolute Gasteiger partial charge is 0.163 e. The fourth-order valence-corrected chi connectivity index (χ4v) is 2.41. The Morgan fingerprint density at radius 3 is 2.25 bits per heavy atom. The Kier molecular flexibility index (Phi) is 6.32. The molecule has 2 aromatic rings. The first kappa shape index (κ1) is 17.5. The van der Waals surface area contributed by atoms with Gasteiger partial charge in [-0.15, -0.1) is 0 Å². The molecule has 0 bridgehead atoms. The molecule has 2 aromatic carbocycles. The molecule has 118 valence electrons. The molecule has 0 aliphatic heterocycles. The Morgan fingerprint density at radius 2 is 1.67 bits per heavy atom. The number of allylic oxidation sites excluding steroid dienone is 1. The number of ketones is 1. The normalized spacial score (nSPS) is 11.8. The number of hydrogen-bond acceptors (Lipinski definition) is 3. The number of nitrogens with zero attached hydrogens (tertiary/aromatic N) is 2. The molecule has 0 aliphatic carbocycles. The van der Waals surface area contributed by atoms with Crippen LogP contribution < -0.4 is 0 Å². The molecule has 0 fully saturated rings. The van der Waals surface area contributed by atoms with Crippen molar-refractivity contribution in [3.63, 3.8) is 0 Å².